The van der Waals surface area contributed by atoms with Crippen LogP contribution >= 0.6 is 0 Å². The Labute approximate surface area is 146 Å². The molecule has 0 unspecified atom stereocenters. The van der Waals surface area contributed by atoms with Crippen LogP contribution in [0.15, 0.2) is 48.9 Å². The zero-order valence-electron chi connectivity index (χ0n) is 14.2. The van der Waals surface area contributed by atoms with Crippen LogP contribution in [0, 0.1) is 6.92 Å². The summed E-state index contributed by atoms with van der Waals surface area (Å²) in [5, 5.41) is 11.8. The van der Waals surface area contributed by atoms with Gasteiger partial charge in [-0.25, -0.2) is 0 Å². The van der Waals surface area contributed by atoms with Gasteiger partial charge in [0.05, 0.1) is 11.2 Å². The van der Waals surface area contributed by atoms with E-state index in [2.05, 4.69) is 20.7 Å². The van der Waals surface area contributed by atoms with E-state index in [1.54, 1.807) is 17.1 Å². The Morgan fingerprint density at radius 3 is 2.80 bits per heavy atom. The lowest BCUT2D eigenvalue weighted by Crippen LogP contribution is -2.52. The molecule has 6 heteroatoms. The fraction of sp³-hybridized carbons (Fsp3) is 0.316. The topological polar surface area (TPSA) is 71.8 Å². The normalized spacial score (nSPS) is 16.7. The Bertz CT molecular complexity index is 897. The minimum Gasteiger partial charge on any atom is -0.323 e. The number of amides is 1. The lowest BCUT2D eigenvalue weighted by molar-refractivity contribution is -0.126. The second-order valence-electron chi connectivity index (χ2n) is 6.52. The van der Waals surface area contributed by atoms with Crippen molar-refractivity contribution in [1.82, 2.24) is 20.1 Å². The molecule has 2 N–H and O–H groups in total. The van der Waals surface area contributed by atoms with Crippen molar-refractivity contribution in [3.63, 3.8) is 0 Å². The van der Waals surface area contributed by atoms with Crippen LogP contribution in [0.4, 0.5) is 5.69 Å². The second kappa shape index (κ2) is 6.29. The molecule has 6 nitrogen and oxygen atoms in total. The number of fused-ring (bicyclic) bond motifs is 1. The number of rotatable bonds is 3. The maximum atomic E-state index is 13.3. The smallest absolute Gasteiger partial charge is 0.252 e. The first-order valence-electron chi connectivity index (χ1n) is 8.57. The molecule has 0 aliphatic carbocycles. The SMILES string of the molecule is Cc1ccc(NC(=O)C2(n3cccn3)CCNCC2)c2cccnc12. The number of nitrogens with zero attached hydrogens (tertiary/aromatic N) is 3. The van der Waals surface area contributed by atoms with Crippen molar-refractivity contribution in [2.75, 3.05) is 18.4 Å². The number of pyridine rings is 1. The molecular weight excluding hydrogens is 314 g/mol. The number of hydrogen-bond acceptors (Lipinski definition) is 4. The molecule has 1 aromatic carbocycles. The molecular formula is C19H21N5O. The largest absolute Gasteiger partial charge is 0.323 e. The molecule has 4 rings (SSSR count). The summed E-state index contributed by atoms with van der Waals surface area (Å²) < 4.78 is 1.80. The third-order valence-corrected chi connectivity index (χ3v) is 5.02. The predicted molar refractivity (Wildman–Crippen MR) is 97.4 cm³/mol. The van der Waals surface area contributed by atoms with Gasteiger partial charge in [-0.05, 0) is 62.7 Å². The number of hydrogen-bond donors (Lipinski definition) is 2. The van der Waals surface area contributed by atoms with Gasteiger partial charge in [-0.2, -0.15) is 5.10 Å². The van der Waals surface area contributed by atoms with E-state index in [9.17, 15) is 4.79 Å². The third-order valence-electron chi connectivity index (χ3n) is 5.02. The van der Waals surface area contributed by atoms with Gasteiger partial charge in [0.15, 0.2) is 0 Å². The highest BCUT2D eigenvalue weighted by Crippen LogP contribution is 2.31. The summed E-state index contributed by atoms with van der Waals surface area (Å²) in [6, 6.07) is 9.70. The molecule has 1 aliphatic rings. The standard InChI is InChI=1S/C19H21N5O/c1-14-5-6-16(15-4-2-9-21-17(14)15)23-18(25)19(7-11-20-12-8-19)24-13-3-10-22-24/h2-6,9-10,13,20H,7-8,11-12H2,1H3,(H,23,25). The van der Waals surface area contributed by atoms with E-state index in [-0.39, 0.29) is 5.91 Å². The van der Waals surface area contributed by atoms with Gasteiger partial charge < -0.3 is 10.6 Å². The summed E-state index contributed by atoms with van der Waals surface area (Å²) in [4.78, 5) is 17.7. The van der Waals surface area contributed by atoms with Crippen LogP contribution < -0.4 is 10.6 Å². The number of nitrogens with one attached hydrogen (secondary N) is 2. The summed E-state index contributed by atoms with van der Waals surface area (Å²) in [5.74, 6) is -0.0216. The molecule has 0 saturated carbocycles. The third kappa shape index (κ3) is 2.68. The first-order valence-corrected chi connectivity index (χ1v) is 8.57. The Kier molecular flexibility index (Phi) is 3.97. The Hall–Kier alpha value is -2.73. The molecule has 3 aromatic rings. The zero-order valence-corrected chi connectivity index (χ0v) is 14.2. The van der Waals surface area contributed by atoms with Crippen molar-refractivity contribution in [2.45, 2.75) is 25.3 Å². The van der Waals surface area contributed by atoms with E-state index in [0.717, 1.165) is 35.2 Å². The molecule has 0 bridgehead atoms. The van der Waals surface area contributed by atoms with Gasteiger partial charge in [-0.1, -0.05) is 6.07 Å². The lowest BCUT2D eigenvalue weighted by atomic mass is 9.87. The van der Waals surface area contributed by atoms with Crippen molar-refractivity contribution >= 4 is 22.5 Å². The molecule has 0 spiro atoms. The van der Waals surface area contributed by atoms with Crippen molar-refractivity contribution in [3.8, 4) is 0 Å². The summed E-state index contributed by atoms with van der Waals surface area (Å²) in [7, 11) is 0. The van der Waals surface area contributed by atoms with E-state index >= 15 is 0 Å². The van der Waals surface area contributed by atoms with Gasteiger partial charge in [0, 0.05) is 24.0 Å². The van der Waals surface area contributed by atoms with Gasteiger partial charge in [0.2, 0.25) is 0 Å². The van der Waals surface area contributed by atoms with Crippen molar-refractivity contribution in [3.05, 3.63) is 54.5 Å². The predicted octanol–water partition coefficient (Wildman–Crippen LogP) is 2.46. The molecule has 3 heterocycles. The van der Waals surface area contributed by atoms with Crippen LogP contribution in [0.1, 0.15) is 18.4 Å². The number of aryl methyl sites for hydroxylation is 1. The summed E-state index contributed by atoms with van der Waals surface area (Å²) in [6.45, 7) is 3.62. The van der Waals surface area contributed by atoms with Gasteiger partial charge in [-0.3, -0.25) is 14.5 Å². The van der Waals surface area contributed by atoms with Gasteiger partial charge >= 0.3 is 0 Å². The molecule has 2 aromatic heterocycles. The molecule has 128 valence electrons. The molecule has 25 heavy (non-hydrogen) atoms. The van der Waals surface area contributed by atoms with E-state index in [1.807, 2.05) is 43.5 Å². The highest BCUT2D eigenvalue weighted by molar-refractivity contribution is 6.04. The minimum atomic E-state index is -0.659. The summed E-state index contributed by atoms with van der Waals surface area (Å²) in [6.07, 6.45) is 6.80. The molecule has 1 saturated heterocycles. The van der Waals surface area contributed by atoms with Gasteiger partial charge in [0.25, 0.3) is 5.91 Å². The van der Waals surface area contributed by atoms with E-state index in [0.29, 0.717) is 12.8 Å². The number of benzene rings is 1. The maximum absolute atomic E-state index is 13.3. The fourth-order valence-electron chi connectivity index (χ4n) is 3.58. The van der Waals surface area contributed by atoms with Crippen molar-refractivity contribution in [1.29, 1.82) is 0 Å². The van der Waals surface area contributed by atoms with Gasteiger partial charge in [0.1, 0.15) is 5.54 Å². The number of carbonyl (C=O) groups is 1. The van der Waals surface area contributed by atoms with Crippen LogP contribution in [-0.2, 0) is 10.3 Å². The van der Waals surface area contributed by atoms with Crippen LogP contribution in [-0.4, -0.2) is 33.8 Å². The summed E-state index contributed by atoms with van der Waals surface area (Å²) >= 11 is 0. The number of aromatic nitrogens is 3. The van der Waals surface area contributed by atoms with Crippen LogP contribution in [0.5, 0.6) is 0 Å². The number of carbonyl (C=O) groups excluding carboxylic acids is 1. The Morgan fingerprint density at radius 1 is 1.20 bits per heavy atom. The average Bonchev–Trinajstić information content (AvgIpc) is 3.20. The van der Waals surface area contributed by atoms with E-state index < -0.39 is 5.54 Å². The second-order valence-corrected chi connectivity index (χ2v) is 6.52. The highest BCUT2D eigenvalue weighted by atomic mass is 16.2. The quantitative estimate of drug-likeness (QED) is 0.771. The first-order chi connectivity index (χ1) is 12.2. The molecule has 1 aliphatic heterocycles. The van der Waals surface area contributed by atoms with E-state index in [4.69, 9.17) is 0 Å². The van der Waals surface area contributed by atoms with E-state index in [1.165, 1.54) is 0 Å². The van der Waals surface area contributed by atoms with Crippen LogP contribution in [0.2, 0.25) is 0 Å². The molecule has 0 atom stereocenters. The minimum absolute atomic E-state index is 0.0216. The first kappa shape index (κ1) is 15.8. The fourth-order valence-corrected chi connectivity index (χ4v) is 3.58. The number of anilines is 1. The molecule has 1 fully saturated rings. The Balaban J connectivity index is 1.72. The van der Waals surface area contributed by atoms with Crippen LogP contribution in [0.3, 0.4) is 0 Å². The Morgan fingerprint density at radius 2 is 2.04 bits per heavy atom. The summed E-state index contributed by atoms with van der Waals surface area (Å²) in [5.41, 5.74) is 2.15. The van der Waals surface area contributed by atoms with Crippen molar-refractivity contribution in [2.24, 2.45) is 0 Å². The monoisotopic (exact) mass is 335 g/mol. The average molecular weight is 335 g/mol. The molecule has 0 radical (unpaired) electrons. The number of piperidine rings is 1. The maximum Gasteiger partial charge on any atom is 0.252 e. The van der Waals surface area contributed by atoms with Gasteiger partial charge in [-0.15, -0.1) is 0 Å². The van der Waals surface area contributed by atoms with Crippen molar-refractivity contribution < 1.29 is 4.79 Å². The van der Waals surface area contributed by atoms with Crippen LogP contribution in [0.25, 0.3) is 10.9 Å². The molecule has 1 amide bonds. The lowest BCUT2D eigenvalue weighted by Gasteiger charge is -2.36. The highest BCUT2D eigenvalue weighted by Gasteiger charge is 2.42. The zero-order chi connectivity index (χ0) is 17.3.